The van der Waals surface area contributed by atoms with Crippen molar-refractivity contribution in [2.24, 2.45) is 0 Å². The zero-order valence-electron chi connectivity index (χ0n) is 9.88. The van der Waals surface area contributed by atoms with E-state index in [9.17, 15) is 9.59 Å². The first-order chi connectivity index (χ1) is 7.61. The maximum atomic E-state index is 11.1. The van der Waals surface area contributed by atoms with Crippen molar-refractivity contribution in [1.29, 1.82) is 0 Å². The molecule has 0 saturated carbocycles. The summed E-state index contributed by atoms with van der Waals surface area (Å²) in [6, 6.07) is 0. The minimum atomic E-state index is -0.543. The largest absolute Gasteiger partial charge is 0.463 e. The standard InChI is InChI=1S/C11H19NO4/c1-4-6-7-16-11(14)12-8-9(3)10(13)15-5-2/h3-8H2,1-2H3,(H,12,14). The van der Waals surface area contributed by atoms with E-state index in [1.165, 1.54) is 0 Å². The lowest BCUT2D eigenvalue weighted by Crippen LogP contribution is -2.29. The van der Waals surface area contributed by atoms with Crippen LogP contribution in [0.2, 0.25) is 0 Å². The van der Waals surface area contributed by atoms with Gasteiger partial charge in [-0.3, -0.25) is 0 Å². The summed E-state index contributed by atoms with van der Waals surface area (Å²) in [5, 5.41) is 2.42. The van der Waals surface area contributed by atoms with Gasteiger partial charge in [-0.1, -0.05) is 19.9 Å². The molecule has 0 aromatic carbocycles. The summed E-state index contributed by atoms with van der Waals surface area (Å²) in [6.45, 7) is 7.93. The lowest BCUT2D eigenvalue weighted by atomic mass is 10.3. The van der Waals surface area contributed by atoms with E-state index in [1.54, 1.807) is 6.92 Å². The Morgan fingerprint density at radius 2 is 1.94 bits per heavy atom. The van der Waals surface area contributed by atoms with Crippen LogP contribution in [0, 0.1) is 0 Å². The van der Waals surface area contributed by atoms with E-state index in [4.69, 9.17) is 9.47 Å². The summed E-state index contributed by atoms with van der Waals surface area (Å²) in [7, 11) is 0. The van der Waals surface area contributed by atoms with Gasteiger partial charge in [0.05, 0.1) is 19.8 Å². The Bertz CT molecular complexity index is 250. The third-order valence-electron chi connectivity index (χ3n) is 1.74. The first-order valence-electron chi connectivity index (χ1n) is 5.37. The van der Waals surface area contributed by atoms with E-state index in [0.29, 0.717) is 13.2 Å². The zero-order chi connectivity index (χ0) is 12.4. The van der Waals surface area contributed by atoms with Gasteiger partial charge in [0.1, 0.15) is 0 Å². The summed E-state index contributed by atoms with van der Waals surface area (Å²) < 4.78 is 9.53. The monoisotopic (exact) mass is 229 g/mol. The van der Waals surface area contributed by atoms with Gasteiger partial charge in [-0.2, -0.15) is 0 Å². The normalized spacial score (nSPS) is 9.38. The number of rotatable bonds is 7. The highest BCUT2D eigenvalue weighted by molar-refractivity contribution is 5.88. The van der Waals surface area contributed by atoms with Crippen molar-refractivity contribution < 1.29 is 19.1 Å². The molecule has 0 aromatic rings. The molecule has 0 rings (SSSR count). The van der Waals surface area contributed by atoms with Gasteiger partial charge in [-0.15, -0.1) is 0 Å². The number of carbonyl (C=O) groups is 2. The summed E-state index contributed by atoms with van der Waals surface area (Å²) in [5.74, 6) is -0.503. The highest BCUT2D eigenvalue weighted by Crippen LogP contribution is 1.94. The Labute approximate surface area is 95.8 Å². The molecule has 1 amide bonds. The molecule has 16 heavy (non-hydrogen) atoms. The quantitative estimate of drug-likeness (QED) is 0.409. The zero-order valence-corrected chi connectivity index (χ0v) is 9.88. The molecule has 0 atom stereocenters. The number of hydrogen-bond donors (Lipinski definition) is 1. The van der Waals surface area contributed by atoms with Crippen LogP contribution in [-0.4, -0.2) is 31.8 Å². The Hall–Kier alpha value is -1.52. The number of unbranched alkanes of at least 4 members (excludes halogenated alkanes) is 1. The fourth-order valence-corrected chi connectivity index (χ4v) is 0.844. The molecule has 0 heterocycles. The second kappa shape index (κ2) is 8.76. The average Bonchev–Trinajstić information content (AvgIpc) is 2.26. The number of hydrogen-bond acceptors (Lipinski definition) is 4. The molecule has 0 saturated heterocycles. The number of esters is 1. The second-order valence-corrected chi connectivity index (χ2v) is 3.17. The van der Waals surface area contributed by atoms with Crippen LogP contribution in [0.4, 0.5) is 4.79 Å². The van der Waals surface area contributed by atoms with Crippen LogP contribution in [0.5, 0.6) is 0 Å². The van der Waals surface area contributed by atoms with Crippen molar-refractivity contribution >= 4 is 12.1 Å². The van der Waals surface area contributed by atoms with E-state index in [2.05, 4.69) is 11.9 Å². The van der Waals surface area contributed by atoms with Crippen LogP contribution >= 0.6 is 0 Å². The molecule has 0 radical (unpaired) electrons. The molecule has 0 bridgehead atoms. The molecule has 0 aliphatic heterocycles. The van der Waals surface area contributed by atoms with Gasteiger partial charge in [0.2, 0.25) is 0 Å². The fraction of sp³-hybridized carbons (Fsp3) is 0.636. The van der Waals surface area contributed by atoms with Crippen LogP contribution in [-0.2, 0) is 14.3 Å². The molecule has 0 aromatic heterocycles. The van der Waals surface area contributed by atoms with Crippen LogP contribution in [0.1, 0.15) is 26.7 Å². The molecule has 92 valence electrons. The minimum absolute atomic E-state index is 0.0454. The lowest BCUT2D eigenvalue weighted by molar-refractivity contribution is -0.138. The SMILES string of the molecule is C=C(CNC(=O)OCCCC)C(=O)OCC. The maximum Gasteiger partial charge on any atom is 0.407 e. The molecular formula is C11H19NO4. The van der Waals surface area contributed by atoms with Crippen LogP contribution in [0.3, 0.4) is 0 Å². The second-order valence-electron chi connectivity index (χ2n) is 3.17. The van der Waals surface area contributed by atoms with Crippen molar-refractivity contribution in [1.82, 2.24) is 5.32 Å². The first kappa shape index (κ1) is 14.5. The highest BCUT2D eigenvalue weighted by atomic mass is 16.5. The molecule has 0 aliphatic rings. The van der Waals surface area contributed by atoms with E-state index in [-0.39, 0.29) is 12.1 Å². The van der Waals surface area contributed by atoms with Crippen molar-refractivity contribution in [2.45, 2.75) is 26.7 Å². The van der Waals surface area contributed by atoms with Gasteiger partial charge in [0.15, 0.2) is 0 Å². The van der Waals surface area contributed by atoms with Crippen LogP contribution < -0.4 is 5.32 Å². The molecule has 5 nitrogen and oxygen atoms in total. The van der Waals surface area contributed by atoms with Crippen molar-refractivity contribution in [3.63, 3.8) is 0 Å². The van der Waals surface area contributed by atoms with Crippen LogP contribution in [0.15, 0.2) is 12.2 Å². The van der Waals surface area contributed by atoms with Gasteiger partial charge in [-0.25, -0.2) is 9.59 Å². The number of nitrogens with one attached hydrogen (secondary N) is 1. The molecular weight excluding hydrogens is 210 g/mol. The number of carbonyl (C=O) groups excluding carboxylic acids is 2. The predicted molar refractivity (Wildman–Crippen MR) is 60.0 cm³/mol. The number of alkyl carbamates (subject to hydrolysis) is 1. The summed E-state index contributed by atoms with van der Waals surface area (Å²) in [6.07, 6.45) is 1.24. The van der Waals surface area contributed by atoms with E-state index >= 15 is 0 Å². The Kier molecular flexibility index (Phi) is 7.93. The molecule has 1 N–H and O–H groups in total. The van der Waals surface area contributed by atoms with Gasteiger partial charge in [0, 0.05) is 5.57 Å². The summed E-state index contributed by atoms with van der Waals surface area (Å²) >= 11 is 0. The molecule has 0 unspecified atom stereocenters. The van der Waals surface area contributed by atoms with E-state index < -0.39 is 12.1 Å². The van der Waals surface area contributed by atoms with Gasteiger partial charge in [-0.05, 0) is 13.3 Å². The van der Waals surface area contributed by atoms with E-state index in [0.717, 1.165) is 12.8 Å². The minimum Gasteiger partial charge on any atom is -0.463 e. The third-order valence-corrected chi connectivity index (χ3v) is 1.74. The Morgan fingerprint density at radius 3 is 2.50 bits per heavy atom. The maximum absolute atomic E-state index is 11.1. The average molecular weight is 229 g/mol. The Balaban J connectivity index is 3.66. The van der Waals surface area contributed by atoms with Crippen molar-refractivity contribution in [2.75, 3.05) is 19.8 Å². The summed E-state index contributed by atoms with van der Waals surface area (Å²) in [4.78, 5) is 22.2. The van der Waals surface area contributed by atoms with Crippen LogP contribution in [0.25, 0.3) is 0 Å². The van der Waals surface area contributed by atoms with Crippen molar-refractivity contribution in [3.8, 4) is 0 Å². The topological polar surface area (TPSA) is 64.6 Å². The smallest absolute Gasteiger partial charge is 0.407 e. The molecule has 0 fully saturated rings. The van der Waals surface area contributed by atoms with Gasteiger partial charge in [0.25, 0.3) is 0 Å². The lowest BCUT2D eigenvalue weighted by Gasteiger charge is -2.07. The summed E-state index contributed by atoms with van der Waals surface area (Å²) in [5.41, 5.74) is 0.203. The fourth-order valence-electron chi connectivity index (χ4n) is 0.844. The first-order valence-corrected chi connectivity index (χ1v) is 5.37. The molecule has 0 aliphatic carbocycles. The number of amides is 1. The van der Waals surface area contributed by atoms with Gasteiger partial charge < -0.3 is 14.8 Å². The Morgan fingerprint density at radius 1 is 1.25 bits per heavy atom. The third kappa shape index (κ3) is 6.86. The van der Waals surface area contributed by atoms with Gasteiger partial charge >= 0.3 is 12.1 Å². The molecule has 5 heteroatoms. The highest BCUT2D eigenvalue weighted by Gasteiger charge is 2.09. The predicted octanol–water partition coefficient (Wildman–Crippen LogP) is 1.63. The number of ether oxygens (including phenoxy) is 2. The van der Waals surface area contributed by atoms with Crippen molar-refractivity contribution in [3.05, 3.63) is 12.2 Å². The molecule has 0 spiro atoms. The van der Waals surface area contributed by atoms with E-state index in [1.807, 2.05) is 6.92 Å².